The maximum Gasteiger partial charge on any atom is 0.299 e. The molecule has 0 spiro atoms. The van der Waals surface area contributed by atoms with Crippen LogP contribution in [0.3, 0.4) is 0 Å². The summed E-state index contributed by atoms with van der Waals surface area (Å²) >= 11 is 0. The standard InChI is InChI=1S/C24H30N2O3/c1-24(2,3)15-18-7-5-9-19(13-18)26-23-25-16-22(29-23)20-14-17(8-6-12-27)10-11-21(20)28-4/h5,7,9-11,13-14,16,27H,6,8,12,15H2,1-4H3,(H,25,26). The van der Waals surface area contributed by atoms with E-state index in [1.165, 1.54) is 5.56 Å². The molecule has 2 aromatic carbocycles. The Bertz CT molecular complexity index is 941. The van der Waals surface area contributed by atoms with Crippen LogP contribution < -0.4 is 10.1 Å². The van der Waals surface area contributed by atoms with Crippen molar-refractivity contribution >= 4 is 11.7 Å². The van der Waals surface area contributed by atoms with Gasteiger partial charge in [0.2, 0.25) is 0 Å². The van der Waals surface area contributed by atoms with Gasteiger partial charge in [0.25, 0.3) is 6.01 Å². The smallest absolute Gasteiger partial charge is 0.299 e. The summed E-state index contributed by atoms with van der Waals surface area (Å²) < 4.78 is 11.5. The molecular formula is C24H30N2O3. The molecule has 3 aromatic rings. The Morgan fingerprint density at radius 1 is 1.10 bits per heavy atom. The van der Waals surface area contributed by atoms with Crippen molar-refractivity contribution < 1.29 is 14.3 Å². The topological polar surface area (TPSA) is 67.5 Å². The predicted octanol–water partition coefficient (Wildman–Crippen LogP) is 5.61. The molecule has 0 saturated heterocycles. The lowest BCUT2D eigenvalue weighted by atomic mass is 9.88. The highest BCUT2D eigenvalue weighted by Gasteiger charge is 2.14. The van der Waals surface area contributed by atoms with Gasteiger partial charge in [0, 0.05) is 12.3 Å². The summed E-state index contributed by atoms with van der Waals surface area (Å²) in [5.74, 6) is 1.37. The van der Waals surface area contributed by atoms with Gasteiger partial charge in [-0.1, -0.05) is 39.0 Å². The molecule has 0 aliphatic rings. The lowest BCUT2D eigenvalue weighted by Crippen LogP contribution is -2.09. The number of anilines is 2. The molecular weight excluding hydrogens is 364 g/mol. The van der Waals surface area contributed by atoms with Crippen LogP contribution in [-0.2, 0) is 12.8 Å². The summed E-state index contributed by atoms with van der Waals surface area (Å²) in [5.41, 5.74) is 4.42. The van der Waals surface area contributed by atoms with Crippen LogP contribution in [0.1, 0.15) is 38.3 Å². The fourth-order valence-corrected chi connectivity index (χ4v) is 3.34. The number of aromatic nitrogens is 1. The Kier molecular flexibility index (Phi) is 6.60. The van der Waals surface area contributed by atoms with Gasteiger partial charge in [-0.15, -0.1) is 0 Å². The molecule has 1 heterocycles. The first-order valence-electron chi connectivity index (χ1n) is 9.98. The molecule has 5 nitrogen and oxygen atoms in total. The van der Waals surface area contributed by atoms with Crippen LogP contribution >= 0.6 is 0 Å². The average molecular weight is 395 g/mol. The van der Waals surface area contributed by atoms with Crippen molar-refractivity contribution in [3.05, 3.63) is 59.8 Å². The third-order valence-corrected chi connectivity index (χ3v) is 4.57. The number of benzene rings is 2. The number of nitrogens with one attached hydrogen (secondary N) is 1. The number of aryl methyl sites for hydroxylation is 1. The van der Waals surface area contributed by atoms with E-state index in [2.05, 4.69) is 43.2 Å². The molecule has 29 heavy (non-hydrogen) atoms. The van der Waals surface area contributed by atoms with Gasteiger partial charge in [-0.05, 0) is 60.1 Å². The number of aliphatic hydroxyl groups excluding tert-OH is 1. The average Bonchev–Trinajstić information content (AvgIpc) is 3.13. The van der Waals surface area contributed by atoms with Crippen molar-refractivity contribution in [1.29, 1.82) is 0 Å². The molecule has 0 atom stereocenters. The molecule has 0 fully saturated rings. The second-order valence-corrected chi connectivity index (χ2v) is 8.45. The summed E-state index contributed by atoms with van der Waals surface area (Å²) in [7, 11) is 1.64. The molecule has 2 N–H and O–H groups in total. The quantitative estimate of drug-likeness (QED) is 0.520. The summed E-state index contributed by atoms with van der Waals surface area (Å²) in [6.07, 6.45) is 4.22. The monoisotopic (exact) mass is 394 g/mol. The summed E-state index contributed by atoms with van der Waals surface area (Å²) in [6, 6.07) is 14.7. The van der Waals surface area contributed by atoms with Crippen molar-refractivity contribution in [3.63, 3.8) is 0 Å². The van der Waals surface area contributed by atoms with Gasteiger partial charge in [-0.2, -0.15) is 0 Å². The third-order valence-electron chi connectivity index (χ3n) is 4.57. The van der Waals surface area contributed by atoms with Crippen molar-refractivity contribution in [3.8, 4) is 17.1 Å². The Morgan fingerprint density at radius 2 is 1.93 bits per heavy atom. The number of methoxy groups -OCH3 is 1. The zero-order valence-electron chi connectivity index (χ0n) is 17.7. The number of hydrogen-bond acceptors (Lipinski definition) is 5. The van der Waals surface area contributed by atoms with Gasteiger partial charge in [-0.3, -0.25) is 0 Å². The van der Waals surface area contributed by atoms with E-state index in [1.807, 2.05) is 30.3 Å². The predicted molar refractivity (Wildman–Crippen MR) is 117 cm³/mol. The highest BCUT2D eigenvalue weighted by molar-refractivity contribution is 5.67. The van der Waals surface area contributed by atoms with Crippen LogP contribution in [0.4, 0.5) is 11.7 Å². The molecule has 5 heteroatoms. The van der Waals surface area contributed by atoms with Gasteiger partial charge < -0.3 is 19.6 Å². The Morgan fingerprint density at radius 3 is 2.66 bits per heavy atom. The third kappa shape index (κ3) is 5.84. The van der Waals surface area contributed by atoms with E-state index in [9.17, 15) is 0 Å². The molecule has 0 aliphatic carbocycles. The van der Waals surface area contributed by atoms with E-state index >= 15 is 0 Å². The number of oxazole rings is 1. The van der Waals surface area contributed by atoms with Crippen LogP contribution in [0.5, 0.6) is 5.75 Å². The highest BCUT2D eigenvalue weighted by Crippen LogP contribution is 2.33. The van der Waals surface area contributed by atoms with E-state index in [-0.39, 0.29) is 12.0 Å². The fourth-order valence-electron chi connectivity index (χ4n) is 3.34. The number of hydrogen-bond donors (Lipinski definition) is 2. The number of rotatable bonds is 8. The summed E-state index contributed by atoms with van der Waals surface area (Å²) in [4.78, 5) is 4.39. The highest BCUT2D eigenvalue weighted by atomic mass is 16.5. The lowest BCUT2D eigenvalue weighted by Gasteiger charge is -2.18. The van der Waals surface area contributed by atoms with E-state index in [1.54, 1.807) is 13.3 Å². The van der Waals surface area contributed by atoms with Crippen LogP contribution in [0.2, 0.25) is 0 Å². The maximum absolute atomic E-state index is 9.08. The van der Waals surface area contributed by atoms with E-state index < -0.39 is 0 Å². The number of ether oxygens (including phenoxy) is 1. The van der Waals surface area contributed by atoms with Crippen molar-refractivity contribution in [2.24, 2.45) is 5.41 Å². The first-order chi connectivity index (χ1) is 13.9. The number of aliphatic hydroxyl groups is 1. The molecule has 0 radical (unpaired) electrons. The van der Waals surface area contributed by atoms with Crippen molar-refractivity contribution in [1.82, 2.24) is 4.98 Å². The van der Waals surface area contributed by atoms with Gasteiger partial charge in [0.1, 0.15) is 5.75 Å². The maximum atomic E-state index is 9.08. The van der Waals surface area contributed by atoms with Crippen molar-refractivity contribution in [2.45, 2.75) is 40.0 Å². The Hall–Kier alpha value is -2.79. The Labute approximate surface area is 172 Å². The van der Waals surface area contributed by atoms with E-state index in [4.69, 9.17) is 14.3 Å². The van der Waals surface area contributed by atoms with Gasteiger partial charge in [0.05, 0.1) is 18.9 Å². The first-order valence-corrected chi connectivity index (χ1v) is 9.98. The summed E-state index contributed by atoms with van der Waals surface area (Å²) in [5, 5.41) is 12.3. The van der Waals surface area contributed by atoms with Gasteiger partial charge in [-0.25, -0.2) is 4.98 Å². The largest absolute Gasteiger partial charge is 0.496 e. The van der Waals surface area contributed by atoms with Gasteiger partial charge >= 0.3 is 0 Å². The second kappa shape index (κ2) is 9.14. The minimum Gasteiger partial charge on any atom is -0.496 e. The minimum absolute atomic E-state index is 0.173. The minimum atomic E-state index is 0.173. The molecule has 0 amide bonds. The van der Waals surface area contributed by atoms with Crippen LogP contribution in [0.15, 0.2) is 53.1 Å². The van der Waals surface area contributed by atoms with E-state index in [0.29, 0.717) is 11.8 Å². The molecule has 0 bridgehead atoms. The van der Waals surface area contributed by atoms with Crippen molar-refractivity contribution in [2.75, 3.05) is 19.0 Å². The molecule has 1 aromatic heterocycles. The van der Waals surface area contributed by atoms with Gasteiger partial charge in [0.15, 0.2) is 5.76 Å². The fraction of sp³-hybridized carbons (Fsp3) is 0.375. The zero-order chi connectivity index (χ0) is 20.9. The normalized spacial score (nSPS) is 11.5. The van der Waals surface area contributed by atoms with Crippen LogP contribution in [0, 0.1) is 5.41 Å². The summed E-state index contributed by atoms with van der Waals surface area (Å²) in [6.45, 7) is 6.87. The van der Waals surface area contributed by atoms with Crippen LogP contribution in [-0.4, -0.2) is 23.8 Å². The molecule has 0 unspecified atom stereocenters. The van der Waals surface area contributed by atoms with Crippen LogP contribution in [0.25, 0.3) is 11.3 Å². The molecule has 154 valence electrons. The molecule has 0 saturated carbocycles. The zero-order valence-corrected chi connectivity index (χ0v) is 17.7. The first kappa shape index (κ1) is 20.9. The Balaban J connectivity index is 1.80. The molecule has 3 rings (SSSR count). The molecule has 0 aliphatic heterocycles. The number of nitrogens with zero attached hydrogens (tertiary/aromatic N) is 1. The second-order valence-electron chi connectivity index (χ2n) is 8.45. The van der Waals surface area contributed by atoms with E-state index in [0.717, 1.165) is 41.8 Å². The SMILES string of the molecule is COc1ccc(CCCO)cc1-c1cnc(Nc2cccc(CC(C)(C)C)c2)o1. The lowest BCUT2D eigenvalue weighted by molar-refractivity contribution is 0.288.